The monoisotopic (exact) mass is 491 g/mol. The third-order valence-electron chi connectivity index (χ3n) is 6.20. The second-order valence-electron chi connectivity index (χ2n) is 10.2. The number of ether oxygens (including phenoxy) is 1. The van der Waals surface area contributed by atoms with Crippen molar-refractivity contribution in [1.29, 1.82) is 0 Å². The molecule has 3 N–H and O–H groups in total. The highest BCUT2D eigenvalue weighted by Gasteiger charge is 2.26. The van der Waals surface area contributed by atoms with Crippen LogP contribution < -0.4 is 16.0 Å². The van der Waals surface area contributed by atoms with Crippen molar-refractivity contribution >= 4 is 29.5 Å². The first-order valence-corrected chi connectivity index (χ1v) is 12.4. The molecule has 2 aliphatic rings. The van der Waals surface area contributed by atoms with Gasteiger partial charge >= 0.3 is 11.8 Å². The number of hydrogen-bond acceptors (Lipinski definition) is 9. The lowest BCUT2D eigenvalue weighted by molar-refractivity contribution is -0.384. The van der Waals surface area contributed by atoms with Gasteiger partial charge in [0.2, 0.25) is 17.7 Å². The average molecular weight is 492 g/mol. The average Bonchev–Trinajstić information content (AvgIpc) is 2.81. The van der Waals surface area contributed by atoms with Crippen molar-refractivity contribution in [3.63, 3.8) is 0 Å². The Balaban J connectivity index is 1.49. The number of hydrogen-bond donors (Lipinski definition) is 3. The van der Waals surface area contributed by atoms with Crippen molar-refractivity contribution in [2.24, 2.45) is 5.92 Å². The molecule has 12 nitrogen and oxygen atoms in total. The van der Waals surface area contributed by atoms with Gasteiger partial charge in [0, 0.05) is 25.7 Å². The Morgan fingerprint density at radius 3 is 2.46 bits per heavy atom. The van der Waals surface area contributed by atoms with Gasteiger partial charge in [-0.15, -0.1) is 0 Å². The smallest absolute Gasteiger partial charge is 0.407 e. The van der Waals surface area contributed by atoms with Crippen molar-refractivity contribution in [3.05, 3.63) is 16.3 Å². The van der Waals surface area contributed by atoms with Crippen molar-refractivity contribution < 1.29 is 19.2 Å². The minimum absolute atomic E-state index is 0.0297. The van der Waals surface area contributed by atoms with Crippen molar-refractivity contribution in [2.75, 3.05) is 36.8 Å². The molecule has 1 saturated carbocycles. The highest BCUT2D eigenvalue weighted by molar-refractivity contribution is 5.80. The molecule has 194 valence electrons. The number of nitrogens with zero attached hydrogens (tertiary/aromatic N) is 4. The van der Waals surface area contributed by atoms with E-state index in [0.717, 1.165) is 64.2 Å². The van der Waals surface area contributed by atoms with E-state index < -0.39 is 16.6 Å². The number of anilines is 2. The molecule has 0 atom stereocenters. The molecular weight excluding hydrogens is 454 g/mol. The minimum atomic E-state index is -0.536. The van der Waals surface area contributed by atoms with Crippen LogP contribution in [0, 0.1) is 16.0 Å². The molecule has 1 saturated heterocycles. The summed E-state index contributed by atoms with van der Waals surface area (Å²) in [5.41, 5.74) is -0.746. The number of nitro groups is 1. The molecule has 0 aromatic carbocycles. The summed E-state index contributed by atoms with van der Waals surface area (Å²) in [5, 5.41) is 20.4. The van der Waals surface area contributed by atoms with E-state index in [1.165, 1.54) is 0 Å². The SMILES string of the molecule is CC(C)(C)OC(=O)N[C@H]1CC[C@H](CNc2nc(NCC(=O)N3CCCCC3)ncc2[N+](=O)[O-])CC1. The van der Waals surface area contributed by atoms with Gasteiger partial charge in [-0.05, 0) is 71.6 Å². The van der Waals surface area contributed by atoms with Gasteiger partial charge in [-0.1, -0.05) is 0 Å². The second kappa shape index (κ2) is 12.0. The summed E-state index contributed by atoms with van der Waals surface area (Å²) in [6.45, 7) is 7.56. The predicted octanol–water partition coefficient (Wildman–Crippen LogP) is 3.30. The Labute approximate surface area is 205 Å². The molecule has 1 aliphatic heterocycles. The molecule has 3 rings (SSSR count). The molecule has 0 spiro atoms. The third-order valence-corrected chi connectivity index (χ3v) is 6.20. The predicted molar refractivity (Wildman–Crippen MR) is 131 cm³/mol. The van der Waals surface area contributed by atoms with Gasteiger partial charge in [0.1, 0.15) is 11.8 Å². The lowest BCUT2D eigenvalue weighted by Gasteiger charge is -2.30. The Morgan fingerprint density at radius 1 is 1.14 bits per heavy atom. The Bertz CT molecular complexity index is 891. The zero-order valence-corrected chi connectivity index (χ0v) is 20.8. The van der Waals surface area contributed by atoms with E-state index in [2.05, 4.69) is 25.9 Å². The standard InChI is InChI=1S/C23H37N7O5/c1-23(2,3)35-22(32)27-17-9-7-16(8-10-17)13-24-20-18(30(33)34)14-25-21(28-20)26-15-19(31)29-11-5-4-6-12-29/h14,16-17H,4-13,15H2,1-3H3,(H,27,32)(H2,24,25,26,28)/t16-,17-. The van der Waals surface area contributed by atoms with Crippen LogP contribution in [0.2, 0.25) is 0 Å². The van der Waals surface area contributed by atoms with Crippen LogP contribution in [0.1, 0.15) is 65.7 Å². The number of likely N-dealkylation sites (tertiary alicyclic amines) is 1. The van der Waals surface area contributed by atoms with Gasteiger partial charge < -0.3 is 25.6 Å². The first-order valence-electron chi connectivity index (χ1n) is 12.4. The van der Waals surface area contributed by atoms with Crippen LogP contribution in [0.5, 0.6) is 0 Å². The maximum absolute atomic E-state index is 12.4. The van der Waals surface area contributed by atoms with E-state index in [4.69, 9.17) is 4.74 Å². The summed E-state index contributed by atoms with van der Waals surface area (Å²) < 4.78 is 5.32. The van der Waals surface area contributed by atoms with Crippen LogP contribution in [-0.2, 0) is 9.53 Å². The van der Waals surface area contributed by atoms with E-state index in [1.54, 1.807) is 0 Å². The van der Waals surface area contributed by atoms with Gasteiger partial charge in [0.05, 0.1) is 11.5 Å². The van der Waals surface area contributed by atoms with Gasteiger partial charge in [0.15, 0.2) is 0 Å². The zero-order valence-electron chi connectivity index (χ0n) is 20.8. The molecule has 1 aromatic heterocycles. The molecular formula is C23H37N7O5. The maximum Gasteiger partial charge on any atom is 0.407 e. The fourth-order valence-corrected chi connectivity index (χ4v) is 4.36. The summed E-state index contributed by atoms with van der Waals surface area (Å²) in [6.07, 6.45) is 7.24. The van der Waals surface area contributed by atoms with E-state index >= 15 is 0 Å². The number of nitrogens with one attached hydrogen (secondary N) is 3. The van der Waals surface area contributed by atoms with Crippen molar-refractivity contribution in [3.8, 4) is 0 Å². The number of alkyl carbamates (subject to hydrolysis) is 1. The quantitative estimate of drug-likeness (QED) is 0.367. The topological polar surface area (TPSA) is 152 Å². The number of carbonyl (C=O) groups excluding carboxylic acids is 2. The summed E-state index contributed by atoms with van der Waals surface area (Å²) in [5.74, 6) is 0.567. The van der Waals surface area contributed by atoms with E-state index in [1.807, 2.05) is 25.7 Å². The van der Waals surface area contributed by atoms with E-state index in [9.17, 15) is 19.7 Å². The van der Waals surface area contributed by atoms with Crippen LogP contribution in [-0.4, -0.2) is 69.6 Å². The fraction of sp³-hybridized carbons (Fsp3) is 0.739. The summed E-state index contributed by atoms with van der Waals surface area (Å²) in [7, 11) is 0. The van der Waals surface area contributed by atoms with Gasteiger partial charge in [-0.2, -0.15) is 4.98 Å². The zero-order chi connectivity index (χ0) is 25.4. The van der Waals surface area contributed by atoms with Gasteiger partial charge in [-0.3, -0.25) is 14.9 Å². The van der Waals surface area contributed by atoms with Crippen LogP contribution in [0.25, 0.3) is 0 Å². The summed E-state index contributed by atoms with van der Waals surface area (Å²) in [4.78, 5) is 45.4. The molecule has 35 heavy (non-hydrogen) atoms. The summed E-state index contributed by atoms with van der Waals surface area (Å²) in [6, 6.07) is 0.0581. The highest BCUT2D eigenvalue weighted by atomic mass is 16.6. The molecule has 2 amide bonds. The largest absolute Gasteiger partial charge is 0.444 e. The first-order chi connectivity index (χ1) is 16.6. The van der Waals surface area contributed by atoms with E-state index in [-0.39, 0.29) is 35.9 Å². The van der Waals surface area contributed by atoms with Gasteiger partial charge in [0.25, 0.3) is 0 Å². The first kappa shape index (κ1) is 26.4. The molecule has 1 aromatic rings. The van der Waals surface area contributed by atoms with Crippen LogP contribution >= 0.6 is 0 Å². The number of piperidine rings is 1. The van der Waals surface area contributed by atoms with Crippen LogP contribution in [0.4, 0.5) is 22.2 Å². The third kappa shape index (κ3) is 8.52. The number of amides is 2. The maximum atomic E-state index is 12.4. The van der Waals surface area contributed by atoms with Crippen molar-refractivity contribution in [1.82, 2.24) is 20.2 Å². The Morgan fingerprint density at radius 2 is 1.83 bits per heavy atom. The number of rotatable bonds is 8. The van der Waals surface area contributed by atoms with Crippen molar-refractivity contribution in [2.45, 2.75) is 77.4 Å². The number of carbonyl (C=O) groups is 2. The van der Waals surface area contributed by atoms with Gasteiger partial charge in [-0.25, -0.2) is 9.78 Å². The lowest BCUT2D eigenvalue weighted by Crippen LogP contribution is -2.41. The summed E-state index contributed by atoms with van der Waals surface area (Å²) >= 11 is 0. The fourth-order valence-electron chi connectivity index (χ4n) is 4.36. The minimum Gasteiger partial charge on any atom is -0.444 e. The van der Waals surface area contributed by atoms with Crippen LogP contribution in [0.15, 0.2) is 6.20 Å². The molecule has 0 bridgehead atoms. The highest BCUT2D eigenvalue weighted by Crippen LogP contribution is 2.27. The molecule has 0 unspecified atom stereocenters. The normalized spacial score (nSPS) is 20.6. The van der Waals surface area contributed by atoms with E-state index in [0.29, 0.717) is 12.5 Å². The Hall–Kier alpha value is -3.18. The second-order valence-corrected chi connectivity index (χ2v) is 10.2. The van der Waals surface area contributed by atoms with Crippen LogP contribution in [0.3, 0.4) is 0 Å². The molecule has 2 fully saturated rings. The molecule has 2 heterocycles. The number of aromatic nitrogens is 2. The lowest BCUT2D eigenvalue weighted by atomic mass is 9.86. The molecule has 1 aliphatic carbocycles. The Kier molecular flexibility index (Phi) is 9.05. The molecule has 12 heteroatoms. The molecule has 0 radical (unpaired) electrons.